The fourth-order valence-corrected chi connectivity index (χ4v) is 2.28. The Morgan fingerprint density at radius 1 is 1.32 bits per heavy atom. The van der Waals surface area contributed by atoms with Crippen molar-refractivity contribution in [2.75, 3.05) is 7.11 Å². The van der Waals surface area contributed by atoms with Gasteiger partial charge in [0, 0.05) is 6.20 Å². The second-order valence-electron chi connectivity index (χ2n) is 5.17. The Morgan fingerprint density at radius 3 is 2.68 bits per heavy atom. The molecule has 116 valence electrons. The van der Waals surface area contributed by atoms with E-state index >= 15 is 0 Å². The van der Waals surface area contributed by atoms with Gasteiger partial charge in [0.25, 0.3) is 5.91 Å². The summed E-state index contributed by atoms with van der Waals surface area (Å²) < 4.78 is 5.17. The molecule has 0 radical (unpaired) electrons. The lowest BCUT2D eigenvalue weighted by Gasteiger charge is -2.30. The summed E-state index contributed by atoms with van der Waals surface area (Å²) in [6.07, 6.45) is 1.39. The molecule has 3 N–H and O–H groups in total. The number of benzene rings is 1. The molecule has 6 nitrogen and oxygen atoms in total. The number of hydrogen-bond acceptors (Lipinski definition) is 3. The fourth-order valence-electron chi connectivity index (χ4n) is 2.28. The van der Waals surface area contributed by atoms with E-state index in [4.69, 9.17) is 4.74 Å². The first-order valence-electron chi connectivity index (χ1n) is 6.77. The highest BCUT2D eigenvalue weighted by atomic mass is 16.5. The Bertz CT molecular complexity index is 667. The number of aliphatic carboxylic acids is 1. The molecule has 0 aliphatic rings. The number of ether oxygens (including phenoxy) is 1. The molecule has 22 heavy (non-hydrogen) atoms. The van der Waals surface area contributed by atoms with Crippen LogP contribution in [0.3, 0.4) is 0 Å². The number of methoxy groups -OCH3 is 1. The number of aromatic nitrogens is 1. The van der Waals surface area contributed by atoms with Gasteiger partial charge in [0.05, 0.1) is 19.1 Å². The van der Waals surface area contributed by atoms with E-state index in [1.54, 1.807) is 49.5 Å². The Balaban J connectivity index is 2.34. The molecule has 0 aliphatic carbocycles. The quantitative estimate of drug-likeness (QED) is 0.762. The van der Waals surface area contributed by atoms with Crippen molar-refractivity contribution in [3.63, 3.8) is 0 Å². The molecular weight excluding hydrogens is 284 g/mol. The van der Waals surface area contributed by atoms with Crippen LogP contribution in [-0.4, -0.2) is 29.1 Å². The van der Waals surface area contributed by atoms with Gasteiger partial charge >= 0.3 is 5.97 Å². The summed E-state index contributed by atoms with van der Waals surface area (Å²) in [4.78, 5) is 26.3. The van der Waals surface area contributed by atoms with Crippen LogP contribution in [0.4, 0.5) is 0 Å². The van der Waals surface area contributed by atoms with Crippen LogP contribution in [0, 0.1) is 0 Å². The van der Waals surface area contributed by atoms with Crippen molar-refractivity contribution in [1.29, 1.82) is 0 Å². The minimum Gasteiger partial charge on any atom is -0.497 e. The van der Waals surface area contributed by atoms with Crippen molar-refractivity contribution in [2.45, 2.75) is 18.9 Å². The smallest absolute Gasteiger partial charge is 0.306 e. The maximum atomic E-state index is 12.3. The number of H-pyrrole nitrogens is 1. The van der Waals surface area contributed by atoms with Crippen molar-refractivity contribution >= 4 is 11.9 Å². The largest absolute Gasteiger partial charge is 0.497 e. The summed E-state index contributed by atoms with van der Waals surface area (Å²) in [6, 6.07) is 10.3. The van der Waals surface area contributed by atoms with Crippen molar-refractivity contribution in [2.24, 2.45) is 0 Å². The maximum absolute atomic E-state index is 12.3. The van der Waals surface area contributed by atoms with Crippen molar-refractivity contribution in [3.8, 4) is 5.75 Å². The summed E-state index contributed by atoms with van der Waals surface area (Å²) in [5.74, 6) is -0.767. The number of carbonyl (C=O) groups is 2. The Labute approximate surface area is 128 Å². The van der Waals surface area contributed by atoms with Gasteiger partial charge in [-0.05, 0) is 36.8 Å². The molecule has 0 spiro atoms. The van der Waals surface area contributed by atoms with Crippen molar-refractivity contribution < 1.29 is 19.4 Å². The molecule has 1 aromatic heterocycles. The molecule has 2 rings (SSSR count). The van der Waals surface area contributed by atoms with Gasteiger partial charge in [-0.1, -0.05) is 12.1 Å². The van der Waals surface area contributed by atoms with Gasteiger partial charge in [-0.25, -0.2) is 0 Å². The second kappa shape index (κ2) is 6.34. The number of amides is 1. The Kier molecular flexibility index (Phi) is 4.50. The minimum atomic E-state index is -1.05. The zero-order valence-corrected chi connectivity index (χ0v) is 12.4. The van der Waals surface area contributed by atoms with Crippen LogP contribution in [0.15, 0.2) is 42.6 Å². The molecule has 0 aliphatic heterocycles. The highest BCUT2D eigenvalue weighted by molar-refractivity contribution is 5.93. The SMILES string of the molecule is COc1cccc(C(C)(CC(=O)O)NC(=O)c2ccc[nH]2)c1. The van der Waals surface area contributed by atoms with Crippen LogP contribution in [0.2, 0.25) is 0 Å². The van der Waals surface area contributed by atoms with Crippen LogP contribution in [0.25, 0.3) is 0 Å². The molecule has 1 amide bonds. The van der Waals surface area contributed by atoms with Crippen LogP contribution >= 0.6 is 0 Å². The standard InChI is InChI=1S/C16H18N2O4/c1-16(10-14(19)20,11-5-3-6-12(9-11)22-2)18-15(21)13-7-4-8-17-13/h3-9,17H,10H2,1-2H3,(H,18,21)(H,19,20). The first-order valence-corrected chi connectivity index (χ1v) is 6.77. The lowest BCUT2D eigenvalue weighted by molar-refractivity contribution is -0.138. The highest BCUT2D eigenvalue weighted by Gasteiger charge is 2.32. The van der Waals surface area contributed by atoms with E-state index < -0.39 is 11.5 Å². The van der Waals surface area contributed by atoms with Gasteiger partial charge in [-0.3, -0.25) is 9.59 Å². The van der Waals surface area contributed by atoms with Gasteiger partial charge in [-0.2, -0.15) is 0 Å². The first kappa shape index (κ1) is 15.6. The second-order valence-corrected chi connectivity index (χ2v) is 5.17. The number of carboxylic acid groups (broad SMARTS) is 1. The number of aromatic amines is 1. The molecule has 1 unspecified atom stereocenters. The summed E-state index contributed by atoms with van der Waals surface area (Å²) >= 11 is 0. The summed E-state index contributed by atoms with van der Waals surface area (Å²) in [7, 11) is 1.53. The van der Waals surface area contributed by atoms with Gasteiger partial charge in [0.15, 0.2) is 0 Å². The minimum absolute atomic E-state index is 0.243. The lowest BCUT2D eigenvalue weighted by Crippen LogP contribution is -2.45. The monoisotopic (exact) mass is 302 g/mol. The van der Waals surface area contributed by atoms with Crippen molar-refractivity contribution in [3.05, 3.63) is 53.9 Å². The molecule has 2 aromatic rings. The Hall–Kier alpha value is -2.76. The molecule has 0 bridgehead atoms. The third kappa shape index (κ3) is 3.46. The highest BCUT2D eigenvalue weighted by Crippen LogP contribution is 2.28. The topological polar surface area (TPSA) is 91.4 Å². The molecule has 1 aromatic carbocycles. The third-order valence-corrected chi connectivity index (χ3v) is 3.44. The van der Waals surface area contributed by atoms with E-state index in [2.05, 4.69) is 10.3 Å². The number of rotatable bonds is 6. The lowest BCUT2D eigenvalue weighted by atomic mass is 9.88. The molecule has 1 heterocycles. The summed E-state index contributed by atoms with van der Waals surface area (Å²) in [5, 5.41) is 12.0. The zero-order chi connectivity index (χ0) is 16.2. The molecule has 0 fully saturated rings. The van der Waals surface area contributed by atoms with Gasteiger partial charge < -0.3 is 20.1 Å². The van der Waals surface area contributed by atoms with E-state index in [9.17, 15) is 14.7 Å². The van der Waals surface area contributed by atoms with Crippen LogP contribution in [0.1, 0.15) is 29.4 Å². The predicted octanol–water partition coefficient (Wildman–Crippen LogP) is 2.14. The summed E-state index contributed by atoms with van der Waals surface area (Å²) in [6.45, 7) is 1.68. The normalized spacial score (nSPS) is 13.2. The van der Waals surface area contributed by atoms with Gasteiger partial charge in [0.2, 0.25) is 0 Å². The third-order valence-electron chi connectivity index (χ3n) is 3.44. The average molecular weight is 302 g/mol. The van der Waals surface area contributed by atoms with E-state index in [0.29, 0.717) is 17.0 Å². The predicted molar refractivity (Wildman–Crippen MR) is 80.9 cm³/mol. The van der Waals surface area contributed by atoms with E-state index in [1.165, 1.54) is 7.11 Å². The maximum Gasteiger partial charge on any atom is 0.306 e. The molecule has 1 atom stereocenters. The fraction of sp³-hybridized carbons (Fsp3) is 0.250. The number of carbonyl (C=O) groups excluding carboxylic acids is 1. The first-order chi connectivity index (χ1) is 10.4. The molecule has 6 heteroatoms. The zero-order valence-electron chi connectivity index (χ0n) is 12.4. The average Bonchev–Trinajstić information content (AvgIpc) is 3.00. The summed E-state index contributed by atoms with van der Waals surface area (Å²) in [5.41, 5.74) is -0.0172. The molecule has 0 saturated carbocycles. The molecular formula is C16H18N2O4. The number of nitrogens with one attached hydrogen (secondary N) is 2. The van der Waals surface area contributed by atoms with E-state index in [-0.39, 0.29) is 12.3 Å². The molecule has 0 saturated heterocycles. The Morgan fingerprint density at radius 2 is 2.09 bits per heavy atom. The van der Waals surface area contributed by atoms with Crippen LogP contribution < -0.4 is 10.1 Å². The van der Waals surface area contributed by atoms with Crippen molar-refractivity contribution in [1.82, 2.24) is 10.3 Å². The van der Waals surface area contributed by atoms with Gasteiger partial charge in [0.1, 0.15) is 11.4 Å². The number of hydrogen-bond donors (Lipinski definition) is 3. The van der Waals surface area contributed by atoms with Crippen LogP contribution in [0.5, 0.6) is 5.75 Å². The van der Waals surface area contributed by atoms with Crippen LogP contribution in [-0.2, 0) is 10.3 Å². The van der Waals surface area contributed by atoms with E-state index in [0.717, 1.165) is 0 Å². The van der Waals surface area contributed by atoms with E-state index in [1.807, 2.05) is 0 Å². The number of carboxylic acids is 1. The van der Waals surface area contributed by atoms with Gasteiger partial charge in [-0.15, -0.1) is 0 Å².